The summed E-state index contributed by atoms with van der Waals surface area (Å²) < 4.78 is 14.6. The molecule has 0 aliphatic carbocycles. The first-order valence-electron chi connectivity index (χ1n) is 10.6. The highest BCUT2D eigenvalue weighted by Crippen LogP contribution is 2.10. The highest BCUT2D eigenvalue weighted by molar-refractivity contribution is 5.74. The Labute approximate surface area is 188 Å². The minimum Gasteiger partial charge on any atom is -0.358 e. The van der Waals surface area contributed by atoms with E-state index in [-0.39, 0.29) is 0 Å². The third kappa shape index (κ3) is 7.06. The van der Waals surface area contributed by atoms with Crippen molar-refractivity contribution in [2.45, 2.75) is 13.5 Å². The molecule has 0 spiro atoms. The molecular weight excluding hydrogens is 408 g/mol. The Morgan fingerprint density at radius 1 is 0.656 bits per heavy atom. The van der Waals surface area contributed by atoms with Crippen LogP contribution in [-0.2, 0) is 22.9 Å². The van der Waals surface area contributed by atoms with Gasteiger partial charge < -0.3 is 19.3 Å². The lowest BCUT2D eigenvalue weighted by molar-refractivity contribution is 0.0602. The van der Waals surface area contributed by atoms with Crippen LogP contribution in [0.1, 0.15) is 0 Å². The fourth-order valence-electron chi connectivity index (χ4n) is 2.82. The number of fused-ring (bicyclic) bond motifs is 2. The number of rotatable bonds is 10. The quantitative estimate of drug-likeness (QED) is 0.346. The first-order valence-corrected chi connectivity index (χ1v) is 10.6. The average molecular weight is 441 g/mol. The van der Waals surface area contributed by atoms with E-state index in [1.165, 1.54) is 0 Å². The fourth-order valence-corrected chi connectivity index (χ4v) is 2.82. The summed E-state index contributed by atoms with van der Waals surface area (Å²) in [5.41, 5.74) is 3.82. The molecule has 0 fully saturated rings. The number of hydrogen-bond acceptors (Lipinski definition) is 8. The van der Waals surface area contributed by atoms with Crippen LogP contribution in [-0.4, -0.2) is 94.3 Å². The summed E-state index contributed by atoms with van der Waals surface area (Å²) in [6.45, 7) is 4.12. The highest BCUT2D eigenvalue weighted by Gasteiger charge is 2.03. The second kappa shape index (κ2) is 12.2. The van der Waals surface area contributed by atoms with Crippen LogP contribution < -0.4 is 0 Å². The lowest BCUT2D eigenvalue weighted by atomic mass is 10.3. The molecule has 2 aromatic carbocycles. The summed E-state index contributed by atoms with van der Waals surface area (Å²) >= 11 is 0. The Morgan fingerprint density at radius 3 is 1.47 bits per heavy atom. The Balaban J connectivity index is 0.000000181. The molecule has 0 radical (unpaired) electrons. The molecule has 4 rings (SSSR count). The van der Waals surface area contributed by atoms with Crippen LogP contribution in [0, 0.1) is 0 Å². The van der Waals surface area contributed by atoms with Crippen LogP contribution in [0.15, 0.2) is 48.5 Å². The summed E-state index contributed by atoms with van der Waals surface area (Å²) in [5.74, 6) is 0. The Morgan fingerprint density at radius 2 is 1.06 bits per heavy atom. The van der Waals surface area contributed by atoms with Gasteiger partial charge in [0.2, 0.25) is 0 Å². The number of likely N-dealkylation sites (N-methyl/N-ethyl adjacent to an activating group) is 2. The van der Waals surface area contributed by atoms with Crippen molar-refractivity contribution in [1.82, 2.24) is 39.8 Å². The maximum Gasteiger partial charge on any atom is 0.141 e. The zero-order valence-corrected chi connectivity index (χ0v) is 19.3. The van der Waals surface area contributed by atoms with Crippen LogP contribution in [0.3, 0.4) is 0 Å². The van der Waals surface area contributed by atoms with E-state index in [9.17, 15) is 0 Å². The van der Waals surface area contributed by atoms with E-state index in [0.29, 0.717) is 26.7 Å². The molecule has 0 saturated heterocycles. The maximum absolute atomic E-state index is 5.52. The van der Waals surface area contributed by atoms with Gasteiger partial charge in [-0.05, 0) is 52.5 Å². The van der Waals surface area contributed by atoms with Crippen molar-refractivity contribution in [3.05, 3.63) is 48.5 Å². The average Bonchev–Trinajstić information content (AvgIpc) is 3.39. The topological polar surface area (TPSA) is 86.4 Å². The van der Waals surface area contributed by atoms with Crippen molar-refractivity contribution < 1.29 is 9.47 Å². The van der Waals surface area contributed by atoms with Gasteiger partial charge in [0.25, 0.3) is 0 Å². The van der Waals surface area contributed by atoms with Crippen LogP contribution >= 0.6 is 0 Å². The van der Waals surface area contributed by atoms with Gasteiger partial charge >= 0.3 is 0 Å². The zero-order chi connectivity index (χ0) is 22.8. The van der Waals surface area contributed by atoms with Gasteiger partial charge in [0, 0.05) is 13.1 Å². The Bertz CT molecular complexity index is 990. The smallest absolute Gasteiger partial charge is 0.141 e. The van der Waals surface area contributed by atoms with Crippen LogP contribution in [0.25, 0.3) is 22.1 Å². The van der Waals surface area contributed by atoms with Crippen LogP contribution in [0.2, 0.25) is 0 Å². The summed E-state index contributed by atoms with van der Waals surface area (Å²) in [7, 11) is 8.09. The summed E-state index contributed by atoms with van der Waals surface area (Å²) in [6, 6.07) is 15.7. The normalized spacial score (nSPS) is 11.4. The van der Waals surface area contributed by atoms with Gasteiger partial charge in [-0.2, -0.15) is 0 Å². The van der Waals surface area contributed by atoms with Crippen LogP contribution in [0.5, 0.6) is 0 Å². The highest BCUT2D eigenvalue weighted by atomic mass is 16.5. The van der Waals surface area contributed by atoms with E-state index in [0.717, 1.165) is 35.2 Å². The predicted octanol–water partition coefficient (Wildman–Crippen LogP) is 1.93. The molecule has 0 atom stereocenters. The first kappa shape index (κ1) is 23.7. The Hall–Kier alpha value is -2.92. The van der Waals surface area contributed by atoms with Gasteiger partial charge in [-0.1, -0.05) is 34.7 Å². The molecule has 2 heterocycles. The van der Waals surface area contributed by atoms with Crippen molar-refractivity contribution in [3.8, 4) is 0 Å². The monoisotopic (exact) mass is 440 g/mol. The van der Waals surface area contributed by atoms with Gasteiger partial charge in [0.1, 0.15) is 24.5 Å². The van der Waals surface area contributed by atoms with E-state index >= 15 is 0 Å². The molecule has 0 aliphatic heterocycles. The molecule has 10 nitrogen and oxygen atoms in total. The molecule has 2 aromatic heterocycles. The number of aromatic nitrogens is 6. The second-order valence-electron chi connectivity index (χ2n) is 7.84. The molecule has 0 unspecified atom stereocenters. The maximum atomic E-state index is 5.52. The van der Waals surface area contributed by atoms with Crippen molar-refractivity contribution in [1.29, 1.82) is 0 Å². The van der Waals surface area contributed by atoms with Crippen molar-refractivity contribution in [2.24, 2.45) is 0 Å². The minimum absolute atomic E-state index is 0.453. The minimum atomic E-state index is 0.453. The third-order valence-electron chi connectivity index (χ3n) is 4.63. The van der Waals surface area contributed by atoms with Gasteiger partial charge in [-0.25, -0.2) is 9.36 Å². The van der Waals surface area contributed by atoms with Crippen molar-refractivity contribution in [2.75, 3.05) is 54.5 Å². The molecule has 4 aromatic rings. The van der Waals surface area contributed by atoms with Gasteiger partial charge in [-0.15, -0.1) is 10.2 Å². The molecule has 10 heteroatoms. The SMILES string of the molecule is CN(C)CCOCn1nnc2ccccc21.CN(C)CCOCn1nnc2ccccc21. The number of ether oxygens (including phenoxy) is 2. The van der Waals surface area contributed by atoms with E-state index in [2.05, 4.69) is 30.4 Å². The molecule has 0 amide bonds. The van der Waals surface area contributed by atoms with E-state index < -0.39 is 0 Å². The second-order valence-corrected chi connectivity index (χ2v) is 7.84. The summed E-state index contributed by atoms with van der Waals surface area (Å²) in [6.07, 6.45) is 0. The number of para-hydroxylation sites is 2. The summed E-state index contributed by atoms with van der Waals surface area (Å²) in [5, 5.41) is 16.2. The van der Waals surface area contributed by atoms with Crippen molar-refractivity contribution in [3.63, 3.8) is 0 Å². The Kier molecular flexibility index (Phi) is 9.05. The van der Waals surface area contributed by atoms with Gasteiger partial charge in [0.05, 0.1) is 24.2 Å². The first-order chi connectivity index (χ1) is 15.5. The number of nitrogens with zero attached hydrogens (tertiary/aromatic N) is 8. The van der Waals surface area contributed by atoms with Gasteiger partial charge in [0.15, 0.2) is 0 Å². The molecule has 0 N–H and O–H groups in total. The third-order valence-corrected chi connectivity index (χ3v) is 4.63. The van der Waals surface area contributed by atoms with E-state index in [1.54, 1.807) is 9.36 Å². The van der Waals surface area contributed by atoms with E-state index in [1.807, 2.05) is 76.7 Å². The van der Waals surface area contributed by atoms with Crippen LogP contribution in [0.4, 0.5) is 0 Å². The molecule has 0 aliphatic rings. The standard InChI is InChI=1S/2C11H16N4O/c2*1-14(2)7-8-16-9-15-11-6-4-3-5-10(11)12-13-15/h2*3-6H,7-9H2,1-2H3. The lowest BCUT2D eigenvalue weighted by Crippen LogP contribution is -2.19. The zero-order valence-electron chi connectivity index (χ0n) is 19.3. The molecular formula is C22H32N8O2. The number of benzene rings is 2. The number of hydrogen-bond donors (Lipinski definition) is 0. The summed E-state index contributed by atoms with van der Waals surface area (Å²) in [4.78, 5) is 4.17. The predicted molar refractivity (Wildman–Crippen MR) is 124 cm³/mol. The molecule has 172 valence electrons. The van der Waals surface area contributed by atoms with Gasteiger partial charge in [-0.3, -0.25) is 0 Å². The lowest BCUT2D eigenvalue weighted by Gasteiger charge is -2.09. The molecule has 0 bridgehead atoms. The molecule has 32 heavy (non-hydrogen) atoms. The van der Waals surface area contributed by atoms with Crippen molar-refractivity contribution >= 4 is 22.1 Å². The fraction of sp³-hybridized carbons (Fsp3) is 0.455. The van der Waals surface area contributed by atoms with E-state index in [4.69, 9.17) is 9.47 Å². The largest absolute Gasteiger partial charge is 0.358 e. The molecule has 0 saturated carbocycles.